The fraction of sp³-hybridized carbons (Fsp3) is 0.667. The van der Waals surface area contributed by atoms with Gasteiger partial charge in [0, 0.05) is 28.4 Å². The van der Waals surface area contributed by atoms with Crippen molar-refractivity contribution < 1.29 is 28.4 Å². The van der Waals surface area contributed by atoms with Crippen LogP contribution in [0.1, 0.15) is 276 Å². The molecule has 0 aromatic heterocycles. The van der Waals surface area contributed by atoms with E-state index >= 15 is 0 Å². The molecule has 78 heavy (non-hydrogen) atoms. The summed E-state index contributed by atoms with van der Waals surface area (Å²) in [4.78, 5) is 0. The summed E-state index contributed by atoms with van der Waals surface area (Å²) in [7, 11) is 6.50. The van der Waals surface area contributed by atoms with Crippen molar-refractivity contribution in [2.45, 2.75) is 287 Å². The van der Waals surface area contributed by atoms with Crippen molar-refractivity contribution >= 4 is 0 Å². The van der Waals surface area contributed by atoms with Crippen LogP contribution in [0.25, 0.3) is 0 Å². The number of hydrogen-bond donors (Lipinski definition) is 0. The summed E-state index contributed by atoms with van der Waals surface area (Å²) < 4.78 is 32.8. The van der Waals surface area contributed by atoms with Crippen LogP contribution in [-0.2, 0) is 20.3 Å². The van der Waals surface area contributed by atoms with Gasteiger partial charge in [0.25, 0.3) is 0 Å². The molecule has 0 spiro atoms. The molecule has 4 aromatic carbocycles. The van der Waals surface area contributed by atoms with Gasteiger partial charge in [0.05, 0.1) is 0 Å². The molecule has 2 atom stereocenters. The van der Waals surface area contributed by atoms with E-state index in [-0.39, 0.29) is 33.2 Å². The highest BCUT2D eigenvalue weighted by Gasteiger charge is 2.30. The van der Waals surface area contributed by atoms with Gasteiger partial charge in [0.1, 0.15) is 45.4 Å². The Balaban J connectivity index is 0. The molecule has 0 aliphatic heterocycles. The third-order valence-corrected chi connectivity index (χ3v) is 14.5. The first-order chi connectivity index (χ1) is 36.6. The Hall–Kier alpha value is -4.00. The van der Waals surface area contributed by atoms with Crippen LogP contribution in [-0.4, -0.2) is 50.8 Å². The standard InChI is InChI=1S/C18H28O.C17H26O.C15H24O.C14H22O.2C2H6O.2C2H6/c1-5-17(2,3)15-10-9-11-16(14-15)19-18(4)12-7-6-8-13-18;1-4-14(2)15-9-8-10-16(13-15)18-17(3)11-6-5-7-12-17;1-7-15(5,6)12-9-8-10-13(11-12)16-14(2,3)4;1-6-11(2)12-8-7-9-13(10-12)15-14(3,4)5;2*1-3-2;2*1-2/h9-11,14H,5-8,12-13H2,1-4H3;8-10,13-14H,4-7,11-12H2,1-3H3;8-11H,7H2,1-6H3;7-11H,6H2,1-5H3;2*1-2H3;2*1-2H3. The Kier molecular flexibility index (Phi) is 38.4. The molecule has 448 valence electrons. The third kappa shape index (κ3) is 32.3. The molecule has 2 aliphatic rings. The quantitative estimate of drug-likeness (QED) is 0.125. The van der Waals surface area contributed by atoms with Gasteiger partial charge in [-0.3, -0.25) is 0 Å². The van der Waals surface area contributed by atoms with Gasteiger partial charge in [-0.05, 0) is 226 Å². The first kappa shape index (κ1) is 76.1. The zero-order chi connectivity index (χ0) is 60.2. The van der Waals surface area contributed by atoms with E-state index in [4.69, 9.17) is 18.9 Å². The number of hydrogen-bond acceptors (Lipinski definition) is 6. The third-order valence-electron chi connectivity index (χ3n) is 14.5. The monoisotopic (exact) mass is 1080 g/mol. The SMILES string of the molecule is CC.CC.CCC(C)(C)c1cccc(OC(C)(C)C)c1.CCC(C)(C)c1cccc(OC2(C)CCCCC2)c1.CCC(C)c1cccc(OC(C)(C)C)c1.CCC(C)c1cccc(OC2(C)CCCCC2)c1.COC.COC. The maximum absolute atomic E-state index is 6.32. The minimum Gasteiger partial charge on any atom is -0.488 e. The molecule has 0 saturated heterocycles. The first-order valence-electron chi connectivity index (χ1n) is 30.5. The fourth-order valence-corrected chi connectivity index (χ4v) is 8.69. The zero-order valence-electron chi connectivity index (χ0n) is 55.7. The van der Waals surface area contributed by atoms with E-state index in [1.807, 2.05) is 39.8 Å². The van der Waals surface area contributed by atoms with Crippen molar-refractivity contribution in [3.05, 3.63) is 119 Å². The normalized spacial score (nSPS) is 15.2. The Morgan fingerprint density at radius 2 is 0.679 bits per heavy atom. The van der Waals surface area contributed by atoms with Crippen LogP contribution >= 0.6 is 0 Å². The van der Waals surface area contributed by atoms with Gasteiger partial charge in [-0.15, -0.1) is 0 Å². The Bertz CT molecular complexity index is 2070. The molecule has 0 bridgehead atoms. The summed E-state index contributed by atoms with van der Waals surface area (Å²) in [5, 5.41) is 0. The summed E-state index contributed by atoms with van der Waals surface area (Å²) in [6.45, 7) is 47.5. The topological polar surface area (TPSA) is 55.4 Å². The van der Waals surface area contributed by atoms with Crippen molar-refractivity contribution in [2.24, 2.45) is 0 Å². The van der Waals surface area contributed by atoms with Crippen LogP contribution < -0.4 is 18.9 Å². The lowest BCUT2D eigenvalue weighted by molar-refractivity contribution is 0.0483. The van der Waals surface area contributed by atoms with E-state index in [1.165, 1.54) is 99.3 Å². The molecule has 2 aliphatic carbocycles. The molecule has 6 heteroatoms. The maximum Gasteiger partial charge on any atom is 0.120 e. The molecule has 2 saturated carbocycles. The van der Waals surface area contributed by atoms with E-state index in [0.717, 1.165) is 35.8 Å². The summed E-state index contributed by atoms with van der Waals surface area (Å²) >= 11 is 0. The van der Waals surface area contributed by atoms with E-state index in [9.17, 15) is 0 Å². The van der Waals surface area contributed by atoms with Gasteiger partial charge in [0.15, 0.2) is 0 Å². The number of ether oxygens (including phenoxy) is 6. The highest BCUT2D eigenvalue weighted by molar-refractivity contribution is 5.35. The molecular formula is C72H124O6. The lowest BCUT2D eigenvalue weighted by Crippen LogP contribution is -2.34. The first-order valence-corrected chi connectivity index (χ1v) is 30.5. The largest absolute Gasteiger partial charge is 0.488 e. The summed E-state index contributed by atoms with van der Waals surface area (Å²) in [6.07, 6.45) is 17.3. The van der Waals surface area contributed by atoms with Gasteiger partial charge >= 0.3 is 0 Å². The van der Waals surface area contributed by atoms with E-state index < -0.39 is 0 Å². The van der Waals surface area contributed by atoms with Crippen LogP contribution in [0, 0.1) is 0 Å². The highest BCUT2D eigenvalue weighted by atomic mass is 16.5. The van der Waals surface area contributed by atoms with Gasteiger partial charge in [-0.25, -0.2) is 0 Å². The smallest absolute Gasteiger partial charge is 0.120 e. The molecule has 2 unspecified atom stereocenters. The average molecular weight is 1090 g/mol. The second-order valence-corrected chi connectivity index (χ2v) is 24.8. The molecule has 0 radical (unpaired) electrons. The van der Waals surface area contributed by atoms with Crippen LogP contribution in [0.2, 0.25) is 0 Å². The highest BCUT2D eigenvalue weighted by Crippen LogP contribution is 2.37. The van der Waals surface area contributed by atoms with E-state index in [0.29, 0.717) is 11.8 Å². The molecule has 0 heterocycles. The average Bonchev–Trinajstić information content (AvgIpc) is 3.40. The number of methoxy groups -OCH3 is 2. The van der Waals surface area contributed by atoms with Crippen LogP contribution in [0.5, 0.6) is 23.0 Å². The zero-order valence-corrected chi connectivity index (χ0v) is 55.7. The second-order valence-electron chi connectivity index (χ2n) is 24.8. The fourth-order valence-electron chi connectivity index (χ4n) is 8.69. The van der Waals surface area contributed by atoms with Crippen molar-refractivity contribution in [1.82, 2.24) is 0 Å². The van der Waals surface area contributed by atoms with Crippen LogP contribution in [0.4, 0.5) is 0 Å². The van der Waals surface area contributed by atoms with Gasteiger partial charge in [-0.1, -0.05) is 158 Å². The van der Waals surface area contributed by atoms with Gasteiger partial charge in [-0.2, -0.15) is 0 Å². The Morgan fingerprint density at radius 1 is 0.410 bits per heavy atom. The molecular weight excluding hydrogens is 961 g/mol. The minimum absolute atomic E-state index is 0.0488. The van der Waals surface area contributed by atoms with E-state index in [2.05, 4.69) is 219 Å². The summed E-state index contributed by atoms with van der Waals surface area (Å²) in [6, 6.07) is 34.2. The van der Waals surface area contributed by atoms with Gasteiger partial charge < -0.3 is 28.4 Å². The Labute approximate surface area is 484 Å². The molecule has 2 fully saturated rings. The predicted octanol–water partition coefficient (Wildman–Crippen LogP) is 22.3. The lowest BCUT2D eigenvalue weighted by Gasteiger charge is -2.35. The summed E-state index contributed by atoms with van der Waals surface area (Å²) in [5.74, 6) is 5.26. The summed E-state index contributed by atoms with van der Waals surface area (Å²) in [5.41, 5.74) is 5.80. The van der Waals surface area contributed by atoms with Gasteiger partial charge in [0.2, 0.25) is 0 Å². The lowest BCUT2D eigenvalue weighted by atomic mass is 9.82. The van der Waals surface area contributed by atoms with Crippen molar-refractivity contribution in [2.75, 3.05) is 28.4 Å². The van der Waals surface area contributed by atoms with E-state index in [1.54, 1.807) is 28.4 Å². The molecule has 6 nitrogen and oxygen atoms in total. The molecule has 0 amide bonds. The maximum atomic E-state index is 6.32. The molecule has 4 aromatic rings. The van der Waals surface area contributed by atoms with Crippen molar-refractivity contribution in [3.8, 4) is 23.0 Å². The van der Waals surface area contributed by atoms with Crippen molar-refractivity contribution in [1.29, 1.82) is 0 Å². The predicted molar refractivity (Wildman–Crippen MR) is 343 cm³/mol. The number of benzene rings is 4. The molecule has 0 N–H and O–H groups in total. The van der Waals surface area contributed by atoms with Crippen LogP contribution in [0.3, 0.4) is 0 Å². The number of rotatable bonds is 14. The Morgan fingerprint density at radius 3 is 0.987 bits per heavy atom. The second kappa shape index (κ2) is 39.4. The van der Waals surface area contributed by atoms with Crippen molar-refractivity contribution in [3.63, 3.8) is 0 Å². The molecule has 6 rings (SSSR count). The minimum atomic E-state index is -0.130. The van der Waals surface area contributed by atoms with Crippen LogP contribution in [0.15, 0.2) is 97.1 Å².